The number of nitrogens with one attached hydrogen (secondary N) is 1. The van der Waals surface area contributed by atoms with E-state index in [1.807, 2.05) is 42.5 Å². The molecule has 1 heterocycles. The van der Waals surface area contributed by atoms with Crippen LogP contribution in [0.5, 0.6) is 0 Å². The lowest BCUT2D eigenvalue weighted by molar-refractivity contribution is -0.121. The number of nitrogens with zero attached hydrogens (tertiary/aromatic N) is 1. The second-order valence-electron chi connectivity index (χ2n) is 6.97. The zero-order valence-electron chi connectivity index (χ0n) is 14.7. The van der Waals surface area contributed by atoms with E-state index in [1.165, 1.54) is 0 Å². The topological polar surface area (TPSA) is 116 Å². The van der Waals surface area contributed by atoms with Crippen molar-refractivity contribution in [2.75, 3.05) is 0 Å². The van der Waals surface area contributed by atoms with Gasteiger partial charge in [0, 0.05) is 29.2 Å². The molecule has 1 aliphatic rings. The molecule has 1 amide bonds. The van der Waals surface area contributed by atoms with Crippen LogP contribution < -0.4 is 16.1 Å². The zero-order valence-corrected chi connectivity index (χ0v) is 14.7. The highest BCUT2D eigenvalue weighted by Crippen LogP contribution is 2.41. The molecule has 0 bridgehead atoms. The first-order valence-electron chi connectivity index (χ1n) is 8.73. The number of hydrogen-bond donors (Lipinski definition) is 3. The summed E-state index contributed by atoms with van der Waals surface area (Å²) in [6, 6.07) is 17.8. The molecule has 0 radical (unpaired) electrons. The quantitative estimate of drug-likeness (QED) is 0.287. The molecule has 2 unspecified atom stereocenters. The summed E-state index contributed by atoms with van der Waals surface area (Å²) in [7, 11) is 0. The number of carbonyl (C=O) groups is 1. The molecule has 3 aromatic carbocycles. The number of benzene rings is 3. The highest BCUT2D eigenvalue weighted by Gasteiger charge is 2.44. The summed E-state index contributed by atoms with van der Waals surface area (Å²) in [5, 5.41) is 23.7. The van der Waals surface area contributed by atoms with E-state index < -0.39 is 16.6 Å². The highest BCUT2D eigenvalue weighted by molar-refractivity contribution is 5.97. The van der Waals surface area contributed by atoms with Gasteiger partial charge in [0.25, 0.3) is 5.91 Å². The standard InChI is InChI=1S/C21H20N4O2/c22-20(23)15-9-8-14-10-19(21(24)26)25(27,18(14)11-15)12-16-6-3-5-13-4-1-2-7-17(13)16/h1-9,11,19H,10,12H2,(H3,22,23)(H2,24,26). The number of nitrogens with two attached hydrogens (primary N) is 2. The molecule has 2 atom stereocenters. The van der Waals surface area contributed by atoms with Crippen LogP contribution in [-0.2, 0) is 17.8 Å². The number of fused-ring (bicyclic) bond motifs is 2. The Labute approximate surface area is 156 Å². The van der Waals surface area contributed by atoms with Gasteiger partial charge in [-0.05, 0) is 10.8 Å². The van der Waals surface area contributed by atoms with Crippen LogP contribution in [0.1, 0.15) is 16.7 Å². The third-order valence-corrected chi connectivity index (χ3v) is 5.33. The van der Waals surface area contributed by atoms with Crippen LogP contribution in [0.4, 0.5) is 5.69 Å². The summed E-state index contributed by atoms with van der Waals surface area (Å²) >= 11 is 0. The van der Waals surface area contributed by atoms with Crippen molar-refractivity contribution in [2.45, 2.75) is 19.0 Å². The van der Waals surface area contributed by atoms with Gasteiger partial charge in [0.1, 0.15) is 18.1 Å². The molecule has 0 fully saturated rings. The normalized spacial score (nSPS) is 21.1. The predicted octanol–water partition coefficient (Wildman–Crippen LogP) is 2.54. The fraction of sp³-hybridized carbons (Fsp3) is 0.143. The van der Waals surface area contributed by atoms with Gasteiger partial charge in [-0.2, -0.15) is 0 Å². The van der Waals surface area contributed by atoms with E-state index in [-0.39, 0.29) is 18.8 Å². The van der Waals surface area contributed by atoms with Crippen molar-refractivity contribution in [3.8, 4) is 0 Å². The minimum Gasteiger partial charge on any atom is -0.627 e. The van der Waals surface area contributed by atoms with Gasteiger partial charge < -0.3 is 21.3 Å². The van der Waals surface area contributed by atoms with Gasteiger partial charge in [0.05, 0.1) is 0 Å². The van der Waals surface area contributed by atoms with Crippen molar-refractivity contribution in [3.05, 3.63) is 82.6 Å². The first kappa shape index (κ1) is 17.2. The van der Waals surface area contributed by atoms with Crippen LogP contribution in [0.25, 0.3) is 10.8 Å². The Hall–Kier alpha value is -3.22. The average Bonchev–Trinajstić information content (AvgIpc) is 2.94. The summed E-state index contributed by atoms with van der Waals surface area (Å²) in [5.74, 6) is -0.733. The number of quaternary nitrogens is 1. The molecule has 4 rings (SSSR count). The van der Waals surface area contributed by atoms with Gasteiger partial charge in [-0.15, -0.1) is 0 Å². The maximum Gasteiger partial charge on any atom is 0.276 e. The smallest absolute Gasteiger partial charge is 0.276 e. The summed E-state index contributed by atoms with van der Waals surface area (Å²) in [4.78, 5) is 12.1. The van der Waals surface area contributed by atoms with E-state index in [2.05, 4.69) is 0 Å². The Morgan fingerprint density at radius 2 is 1.85 bits per heavy atom. The van der Waals surface area contributed by atoms with Crippen molar-refractivity contribution in [2.24, 2.45) is 11.5 Å². The van der Waals surface area contributed by atoms with Gasteiger partial charge in [-0.1, -0.05) is 54.6 Å². The van der Waals surface area contributed by atoms with Crippen LogP contribution in [0.2, 0.25) is 0 Å². The Morgan fingerprint density at radius 3 is 2.59 bits per heavy atom. The van der Waals surface area contributed by atoms with E-state index >= 15 is 0 Å². The van der Waals surface area contributed by atoms with Gasteiger partial charge in [-0.3, -0.25) is 10.2 Å². The van der Waals surface area contributed by atoms with Crippen LogP contribution in [0.15, 0.2) is 60.7 Å². The number of amidine groups is 1. The lowest BCUT2D eigenvalue weighted by Gasteiger charge is -2.43. The van der Waals surface area contributed by atoms with E-state index in [9.17, 15) is 10.0 Å². The van der Waals surface area contributed by atoms with Crippen molar-refractivity contribution in [1.29, 1.82) is 5.41 Å². The van der Waals surface area contributed by atoms with E-state index in [0.29, 0.717) is 11.3 Å². The molecule has 0 aromatic heterocycles. The van der Waals surface area contributed by atoms with Gasteiger partial charge in [0.15, 0.2) is 6.04 Å². The molecule has 0 saturated heterocycles. The fourth-order valence-corrected chi connectivity index (χ4v) is 3.96. The first-order chi connectivity index (χ1) is 12.9. The number of rotatable bonds is 4. The monoisotopic (exact) mass is 360 g/mol. The van der Waals surface area contributed by atoms with E-state index in [4.69, 9.17) is 16.9 Å². The molecule has 3 aromatic rings. The second-order valence-corrected chi connectivity index (χ2v) is 6.97. The number of nitrogen functional groups attached to an aromatic ring is 1. The molecule has 5 N–H and O–H groups in total. The average molecular weight is 360 g/mol. The Morgan fingerprint density at radius 1 is 1.11 bits per heavy atom. The number of hydroxylamine groups is 2. The second kappa shape index (κ2) is 6.19. The molecule has 136 valence electrons. The predicted molar refractivity (Wildman–Crippen MR) is 107 cm³/mol. The minimum absolute atomic E-state index is 0.0866. The van der Waals surface area contributed by atoms with Gasteiger partial charge >= 0.3 is 0 Å². The van der Waals surface area contributed by atoms with Crippen LogP contribution in [0.3, 0.4) is 0 Å². The molecule has 0 spiro atoms. The maximum absolute atomic E-state index is 14.0. The van der Waals surface area contributed by atoms with Gasteiger partial charge in [-0.25, -0.2) is 0 Å². The summed E-state index contributed by atoms with van der Waals surface area (Å²) in [6.07, 6.45) is 0.289. The minimum atomic E-state index is -0.902. The van der Waals surface area contributed by atoms with Crippen molar-refractivity contribution in [1.82, 2.24) is 4.65 Å². The van der Waals surface area contributed by atoms with Crippen LogP contribution >= 0.6 is 0 Å². The molecule has 0 aliphatic carbocycles. The largest absolute Gasteiger partial charge is 0.627 e. The maximum atomic E-state index is 14.0. The first-order valence-corrected chi connectivity index (χ1v) is 8.73. The number of carbonyl (C=O) groups excluding carboxylic acids is 1. The Kier molecular flexibility index (Phi) is 3.95. The van der Waals surface area contributed by atoms with Crippen LogP contribution in [0, 0.1) is 10.6 Å². The summed E-state index contributed by atoms with van der Waals surface area (Å²) in [6.45, 7) is 0.0866. The fourth-order valence-electron chi connectivity index (χ4n) is 3.96. The molecule has 1 aliphatic heterocycles. The highest BCUT2D eigenvalue weighted by atomic mass is 16.6. The SMILES string of the molecule is N=C(N)c1ccc2c(c1)[N+]([O-])(Cc1cccc3ccccc13)C(C(N)=O)C2. The van der Waals surface area contributed by atoms with Crippen molar-refractivity contribution < 1.29 is 4.79 Å². The molecular formula is C21H20N4O2. The molecule has 27 heavy (non-hydrogen) atoms. The molecule has 6 heteroatoms. The molecule has 6 nitrogen and oxygen atoms in total. The number of primary amides is 1. The number of amides is 1. The lowest BCUT2D eigenvalue weighted by atomic mass is 10.0. The molecule has 0 saturated carbocycles. The van der Waals surface area contributed by atoms with Crippen molar-refractivity contribution in [3.63, 3.8) is 0 Å². The lowest BCUT2D eigenvalue weighted by Crippen LogP contribution is -2.54. The summed E-state index contributed by atoms with van der Waals surface area (Å²) in [5.41, 5.74) is 13.8. The number of hydrogen-bond acceptors (Lipinski definition) is 3. The molecular weight excluding hydrogens is 340 g/mol. The third kappa shape index (κ3) is 2.75. The Bertz CT molecular complexity index is 1070. The van der Waals surface area contributed by atoms with E-state index in [1.54, 1.807) is 18.2 Å². The van der Waals surface area contributed by atoms with Crippen molar-refractivity contribution >= 4 is 28.2 Å². The third-order valence-electron chi connectivity index (χ3n) is 5.33. The van der Waals surface area contributed by atoms with Gasteiger partial charge in [0.2, 0.25) is 0 Å². The summed E-state index contributed by atoms with van der Waals surface area (Å²) < 4.78 is -0.861. The Balaban J connectivity index is 1.87. The zero-order chi connectivity index (χ0) is 19.2. The van der Waals surface area contributed by atoms with E-state index in [0.717, 1.165) is 21.9 Å². The van der Waals surface area contributed by atoms with Crippen LogP contribution in [-0.4, -0.2) is 17.8 Å².